The van der Waals surface area contributed by atoms with Gasteiger partial charge in [-0.25, -0.2) is 4.79 Å². The van der Waals surface area contributed by atoms with Crippen LogP contribution < -0.4 is 5.32 Å². The molecule has 3 N–H and O–H groups in total. The fourth-order valence-electron chi connectivity index (χ4n) is 3.04. The molecule has 5 heteroatoms. The number of nitrogens with one attached hydrogen (secondary N) is 1. The van der Waals surface area contributed by atoms with Crippen LogP contribution in [-0.4, -0.2) is 34.7 Å². The van der Waals surface area contributed by atoms with Crippen molar-refractivity contribution in [2.75, 3.05) is 6.61 Å². The van der Waals surface area contributed by atoms with E-state index in [-0.39, 0.29) is 24.9 Å². The van der Waals surface area contributed by atoms with Crippen LogP contribution in [0.25, 0.3) is 0 Å². The zero-order chi connectivity index (χ0) is 12.4. The van der Waals surface area contributed by atoms with Gasteiger partial charge in [0.1, 0.15) is 6.04 Å². The van der Waals surface area contributed by atoms with Gasteiger partial charge in [0, 0.05) is 18.9 Å². The fraction of sp³-hybridized carbons (Fsp3) is 0.833. The maximum atomic E-state index is 11.9. The van der Waals surface area contributed by atoms with Crippen molar-refractivity contribution in [2.45, 2.75) is 38.1 Å². The van der Waals surface area contributed by atoms with E-state index in [9.17, 15) is 9.59 Å². The van der Waals surface area contributed by atoms with Gasteiger partial charge in [-0.1, -0.05) is 12.8 Å². The molecule has 3 atom stereocenters. The average Bonchev–Trinajstić information content (AvgIpc) is 3.02. The van der Waals surface area contributed by atoms with Gasteiger partial charge in [-0.3, -0.25) is 4.79 Å². The molecule has 96 valence electrons. The molecule has 0 radical (unpaired) electrons. The topological polar surface area (TPSA) is 86.6 Å². The summed E-state index contributed by atoms with van der Waals surface area (Å²) in [5.74, 6) is -0.226. The fourth-order valence-corrected chi connectivity index (χ4v) is 3.04. The highest BCUT2D eigenvalue weighted by Gasteiger charge is 2.54. The molecular weight excluding hydrogens is 222 g/mol. The number of aliphatic hydroxyl groups excluding tert-OH is 1. The molecular formula is C12H19NO4. The van der Waals surface area contributed by atoms with Crippen LogP contribution in [0.5, 0.6) is 0 Å². The molecule has 2 aliphatic rings. The Kier molecular flexibility index (Phi) is 3.66. The second-order valence-electron chi connectivity index (χ2n) is 5.05. The molecule has 0 spiro atoms. The lowest BCUT2D eigenvalue weighted by molar-refractivity contribution is -0.142. The number of hydrogen-bond donors (Lipinski definition) is 3. The van der Waals surface area contributed by atoms with Crippen LogP contribution in [0.15, 0.2) is 0 Å². The number of carboxylic acids is 1. The maximum Gasteiger partial charge on any atom is 0.326 e. The van der Waals surface area contributed by atoms with Gasteiger partial charge in [-0.15, -0.1) is 0 Å². The Balaban J connectivity index is 1.86. The molecule has 0 aromatic rings. The molecule has 0 heterocycles. The highest BCUT2D eigenvalue weighted by molar-refractivity contribution is 5.87. The van der Waals surface area contributed by atoms with Gasteiger partial charge in [-0.05, 0) is 24.7 Å². The Morgan fingerprint density at radius 3 is 2.29 bits per heavy atom. The zero-order valence-electron chi connectivity index (χ0n) is 9.76. The monoisotopic (exact) mass is 241 g/mol. The minimum atomic E-state index is -1.07. The van der Waals surface area contributed by atoms with Crippen molar-refractivity contribution in [3.05, 3.63) is 0 Å². The Morgan fingerprint density at radius 1 is 1.24 bits per heavy atom. The summed E-state index contributed by atoms with van der Waals surface area (Å²) in [5.41, 5.74) is 0. The van der Waals surface area contributed by atoms with Gasteiger partial charge in [0.05, 0.1) is 0 Å². The normalized spacial score (nSPS) is 32.4. The average molecular weight is 241 g/mol. The van der Waals surface area contributed by atoms with Crippen molar-refractivity contribution in [1.82, 2.24) is 5.32 Å². The van der Waals surface area contributed by atoms with E-state index in [1.807, 2.05) is 0 Å². The summed E-state index contributed by atoms with van der Waals surface area (Å²) in [6.07, 6.45) is 4.64. The highest BCUT2D eigenvalue weighted by atomic mass is 16.4. The van der Waals surface area contributed by atoms with Crippen LogP contribution >= 0.6 is 0 Å². The molecule has 0 aromatic heterocycles. The van der Waals surface area contributed by atoms with E-state index in [0.29, 0.717) is 11.8 Å². The van der Waals surface area contributed by atoms with E-state index in [2.05, 4.69) is 5.32 Å². The number of hydrogen-bond acceptors (Lipinski definition) is 3. The van der Waals surface area contributed by atoms with Crippen LogP contribution in [0.1, 0.15) is 32.1 Å². The van der Waals surface area contributed by atoms with Crippen LogP contribution in [0, 0.1) is 17.8 Å². The Morgan fingerprint density at radius 2 is 1.82 bits per heavy atom. The quantitative estimate of drug-likeness (QED) is 0.649. The van der Waals surface area contributed by atoms with E-state index in [1.54, 1.807) is 0 Å². The Labute approximate surface area is 100 Å². The molecule has 0 aliphatic heterocycles. The molecule has 17 heavy (non-hydrogen) atoms. The number of rotatable bonds is 5. The number of aliphatic hydroxyl groups is 1. The van der Waals surface area contributed by atoms with E-state index >= 15 is 0 Å². The third kappa shape index (κ3) is 2.60. The number of carboxylic acid groups (broad SMARTS) is 1. The first-order valence-corrected chi connectivity index (χ1v) is 6.29. The summed E-state index contributed by atoms with van der Waals surface area (Å²) in [6.45, 7) is -0.227. The second kappa shape index (κ2) is 5.04. The summed E-state index contributed by atoms with van der Waals surface area (Å²) >= 11 is 0. The van der Waals surface area contributed by atoms with Crippen molar-refractivity contribution in [3.8, 4) is 0 Å². The van der Waals surface area contributed by atoms with Crippen molar-refractivity contribution < 1.29 is 19.8 Å². The first-order valence-electron chi connectivity index (χ1n) is 6.29. The molecule has 0 bridgehead atoms. The van der Waals surface area contributed by atoms with Gasteiger partial charge in [0.2, 0.25) is 5.91 Å². The first-order chi connectivity index (χ1) is 8.15. The lowest BCUT2D eigenvalue weighted by Crippen LogP contribution is -2.42. The van der Waals surface area contributed by atoms with Crippen molar-refractivity contribution >= 4 is 11.9 Å². The smallest absolute Gasteiger partial charge is 0.326 e. The Bertz CT molecular complexity index is 306. The van der Waals surface area contributed by atoms with Crippen molar-refractivity contribution in [3.63, 3.8) is 0 Å². The van der Waals surface area contributed by atoms with Crippen LogP contribution in [0.2, 0.25) is 0 Å². The first kappa shape index (κ1) is 12.4. The number of amides is 1. The molecule has 5 nitrogen and oxygen atoms in total. The Hall–Kier alpha value is -1.10. The molecule has 0 saturated heterocycles. The largest absolute Gasteiger partial charge is 0.480 e. The standard InChI is InChI=1S/C12H19NO4/c14-6-5-9(12(16)17)13-11(15)10-7-3-1-2-4-8(7)10/h7-10,14H,1-6H2,(H,13,15)(H,16,17). The maximum absolute atomic E-state index is 11.9. The predicted octanol–water partition coefficient (Wildman–Crippen LogP) is 0.374. The summed E-state index contributed by atoms with van der Waals surface area (Å²) in [7, 11) is 0. The number of aliphatic carboxylic acids is 1. The number of carbonyl (C=O) groups excluding carboxylic acids is 1. The van der Waals surface area contributed by atoms with Crippen LogP contribution in [0.3, 0.4) is 0 Å². The minimum Gasteiger partial charge on any atom is -0.480 e. The molecule has 2 fully saturated rings. The van der Waals surface area contributed by atoms with Gasteiger partial charge in [0.15, 0.2) is 0 Å². The lowest BCUT2D eigenvalue weighted by Gasteiger charge is -2.13. The lowest BCUT2D eigenvalue weighted by atomic mass is 10.0. The SMILES string of the molecule is O=C(O)C(CCO)NC(=O)C1C2CCCCC21. The van der Waals surface area contributed by atoms with Gasteiger partial charge < -0.3 is 15.5 Å². The molecule has 2 rings (SSSR count). The molecule has 3 unspecified atom stereocenters. The molecule has 2 aliphatic carbocycles. The molecule has 2 saturated carbocycles. The van der Waals surface area contributed by atoms with Gasteiger partial charge in [0.25, 0.3) is 0 Å². The van der Waals surface area contributed by atoms with E-state index in [4.69, 9.17) is 10.2 Å². The number of carbonyl (C=O) groups is 2. The van der Waals surface area contributed by atoms with Crippen LogP contribution in [-0.2, 0) is 9.59 Å². The van der Waals surface area contributed by atoms with E-state index < -0.39 is 12.0 Å². The van der Waals surface area contributed by atoms with E-state index in [0.717, 1.165) is 12.8 Å². The highest BCUT2D eigenvalue weighted by Crippen LogP contribution is 2.55. The summed E-state index contributed by atoms with van der Waals surface area (Å²) in [6, 6.07) is -0.949. The van der Waals surface area contributed by atoms with E-state index in [1.165, 1.54) is 12.8 Å². The number of fused-ring (bicyclic) bond motifs is 1. The third-order valence-electron chi connectivity index (χ3n) is 3.99. The summed E-state index contributed by atoms with van der Waals surface area (Å²) in [5, 5.41) is 20.2. The molecule has 1 amide bonds. The predicted molar refractivity (Wildman–Crippen MR) is 60.2 cm³/mol. The second-order valence-corrected chi connectivity index (χ2v) is 5.05. The van der Waals surface area contributed by atoms with Crippen molar-refractivity contribution in [1.29, 1.82) is 0 Å². The zero-order valence-corrected chi connectivity index (χ0v) is 9.76. The van der Waals surface area contributed by atoms with Crippen LogP contribution in [0.4, 0.5) is 0 Å². The summed E-state index contributed by atoms with van der Waals surface area (Å²) in [4.78, 5) is 22.8. The van der Waals surface area contributed by atoms with Gasteiger partial charge >= 0.3 is 5.97 Å². The van der Waals surface area contributed by atoms with Gasteiger partial charge in [-0.2, -0.15) is 0 Å². The third-order valence-corrected chi connectivity index (χ3v) is 3.99. The minimum absolute atomic E-state index is 0.0260. The summed E-state index contributed by atoms with van der Waals surface area (Å²) < 4.78 is 0. The van der Waals surface area contributed by atoms with Crippen molar-refractivity contribution in [2.24, 2.45) is 17.8 Å². The molecule has 0 aromatic carbocycles.